The number of aryl methyl sites for hydroxylation is 2. The number of thiophene rings is 1. The highest BCUT2D eigenvalue weighted by molar-refractivity contribution is 7.10. The molecule has 0 saturated heterocycles. The molecule has 1 N–H and O–H groups in total. The molecule has 4 heteroatoms. The first kappa shape index (κ1) is 15.6. The second-order valence-corrected chi connectivity index (χ2v) is 6.43. The summed E-state index contributed by atoms with van der Waals surface area (Å²) in [6.07, 6.45) is 0. The largest absolute Gasteiger partial charge is 0.365 e. The van der Waals surface area contributed by atoms with Gasteiger partial charge in [-0.15, -0.1) is 11.3 Å². The molecule has 0 aliphatic heterocycles. The third-order valence-electron chi connectivity index (χ3n) is 3.50. The number of nitrogens with one attached hydrogen (secondary N) is 1. The maximum atomic E-state index is 12.2. The monoisotopic (exact) mass is 302 g/mol. The molecule has 112 valence electrons. The second-order valence-electron chi connectivity index (χ2n) is 5.45. The van der Waals surface area contributed by atoms with Crippen molar-refractivity contribution in [2.45, 2.75) is 26.8 Å². The summed E-state index contributed by atoms with van der Waals surface area (Å²) < 4.78 is 0. The van der Waals surface area contributed by atoms with Crippen LogP contribution in [0.3, 0.4) is 0 Å². The molecule has 0 aliphatic rings. The molecule has 0 bridgehead atoms. The van der Waals surface area contributed by atoms with E-state index >= 15 is 0 Å². The lowest BCUT2D eigenvalue weighted by Crippen LogP contribution is -2.36. The van der Waals surface area contributed by atoms with Crippen molar-refractivity contribution in [1.82, 2.24) is 5.32 Å². The van der Waals surface area contributed by atoms with Crippen molar-refractivity contribution in [1.29, 1.82) is 0 Å². The Hall–Kier alpha value is -1.81. The molecule has 1 aromatic heterocycles. The minimum atomic E-state index is 0.0410. The smallest absolute Gasteiger partial charge is 0.240 e. The SMILES string of the molecule is Cc1ccc(C)c(N(C)CC(=O)NC(C)c2cccs2)c1. The van der Waals surface area contributed by atoms with Crippen LogP contribution in [-0.2, 0) is 4.79 Å². The second kappa shape index (κ2) is 6.76. The third kappa shape index (κ3) is 4.08. The maximum absolute atomic E-state index is 12.2. The van der Waals surface area contributed by atoms with E-state index in [1.54, 1.807) is 11.3 Å². The molecule has 0 spiro atoms. The Morgan fingerprint density at radius 1 is 1.33 bits per heavy atom. The van der Waals surface area contributed by atoms with Crippen molar-refractivity contribution in [2.24, 2.45) is 0 Å². The van der Waals surface area contributed by atoms with Crippen molar-refractivity contribution in [3.8, 4) is 0 Å². The van der Waals surface area contributed by atoms with Crippen LogP contribution in [0.15, 0.2) is 35.7 Å². The molecular formula is C17H22N2OS. The van der Waals surface area contributed by atoms with Crippen LogP contribution in [0.2, 0.25) is 0 Å². The summed E-state index contributed by atoms with van der Waals surface area (Å²) in [4.78, 5) is 15.4. The number of benzene rings is 1. The zero-order valence-corrected chi connectivity index (χ0v) is 13.8. The highest BCUT2D eigenvalue weighted by Crippen LogP contribution is 2.21. The van der Waals surface area contributed by atoms with Gasteiger partial charge in [-0.3, -0.25) is 4.79 Å². The molecule has 3 nitrogen and oxygen atoms in total. The number of hydrogen-bond donors (Lipinski definition) is 1. The van der Waals surface area contributed by atoms with E-state index in [2.05, 4.69) is 37.4 Å². The number of carbonyl (C=O) groups excluding carboxylic acids is 1. The molecule has 1 amide bonds. The minimum absolute atomic E-state index is 0.0410. The molecular weight excluding hydrogens is 280 g/mol. The summed E-state index contributed by atoms with van der Waals surface area (Å²) in [5.41, 5.74) is 3.49. The molecule has 0 radical (unpaired) electrons. The Labute approximate surface area is 130 Å². The zero-order valence-electron chi connectivity index (χ0n) is 13.0. The van der Waals surface area contributed by atoms with Gasteiger partial charge in [0.2, 0.25) is 5.91 Å². The Bertz CT molecular complexity index is 607. The Morgan fingerprint density at radius 2 is 2.10 bits per heavy atom. The van der Waals surface area contributed by atoms with Gasteiger partial charge in [-0.05, 0) is 49.4 Å². The summed E-state index contributed by atoms with van der Waals surface area (Å²) in [6, 6.07) is 10.4. The van der Waals surface area contributed by atoms with Crippen LogP contribution in [0.1, 0.15) is 29.0 Å². The van der Waals surface area contributed by atoms with Crippen molar-refractivity contribution in [3.63, 3.8) is 0 Å². The molecule has 1 atom stereocenters. The van der Waals surface area contributed by atoms with Crippen LogP contribution in [0.5, 0.6) is 0 Å². The zero-order chi connectivity index (χ0) is 15.4. The van der Waals surface area contributed by atoms with E-state index < -0.39 is 0 Å². The molecule has 1 aromatic carbocycles. The normalized spacial score (nSPS) is 12.0. The maximum Gasteiger partial charge on any atom is 0.240 e. The van der Waals surface area contributed by atoms with Crippen LogP contribution >= 0.6 is 11.3 Å². The Kier molecular flexibility index (Phi) is 5.02. The van der Waals surface area contributed by atoms with Gasteiger partial charge in [-0.1, -0.05) is 18.2 Å². The number of nitrogens with zero attached hydrogens (tertiary/aromatic N) is 1. The van der Waals surface area contributed by atoms with Crippen LogP contribution in [0.25, 0.3) is 0 Å². The summed E-state index contributed by atoms with van der Waals surface area (Å²) in [7, 11) is 1.96. The molecule has 1 heterocycles. The predicted octanol–water partition coefficient (Wildman–Crippen LogP) is 3.68. The minimum Gasteiger partial charge on any atom is -0.365 e. The lowest BCUT2D eigenvalue weighted by atomic mass is 10.1. The number of hydrogen-bond acceptors (Lipinski definition) is 3. The first-order valence-corrected chi connectivity index (χ1v) is 7.96. The molecule has 2 aromatic rings. The quantitative estimate of drug-likeness (QED) is 0.914. The standard InChI is InChI=1S/C17H22N2OS/c1-12-7-8-13(2)15(10-12)19(4)11-17(20)18-14(3)16-6-5-9-21-16/h5-10,14H,11H2,1-4H3,(H,18,20). The average Bonchev–Trinajstić information content (AvgIpc) is 2.95. The van der Waals surface area contributed by atoms with Gasteiger partial charge in [0.05, 0.1) is 12.6 Å². The molecule has 21 heavy (non-hydrogen) atoms. The van der Waals surface area contributed by atoms with E-state index in [1.165, 1.54) is 16.0 Å². The van der Waals surface area contributed by atoms with Crippen LogP contribution < -0.4 is 10.2 Å². The number of carbonyl (C=O) groups is 1. The van der Waals surface area contributed by atoms with E-state index in [0.717, 1.165) is 5.69 Å². The molecule has 1 unspecified atom stereocenters. The fourth-order valence-corrected chi connectivity index (χ4v) is 3.06. The van der Waals surface area contributed by atoms with E-state index in [0.29, 0.717) is 6.54 Å². The first-order valence-electron chi connectivity index (χ1n) is 7.08. The lowest BCUT2D eigenvalue weighted by Gasteiger charge is -2.22. The van der Waals surface area contributed by atoms with Crippen molar-refractivity contribution < 1.29 is 4.79 Å². The molecule has 0 saturated carbocycles. The Morgan fingerprint density at radius 3 is 2.76 bits per heavy atom. The van der Waals surface area contributed by atoms with Gasteiger partial charge in [0.1, 0.15) is 0 Å². The van der Waals surface area contributed by atoms with Gasteiger partial charge in [0.25, 0.3) is 0 Å². The fourth-order valence-electron chi connectivity index (χ4n) is 2.33. The van der Waals surface area contributed by atoms with Gasteiger partial charge in [-0.25, -0.2) is 0 Å². The van der Waals surface area contributed by atoms with E-state index in [-0.39, 0.29) is 11.9 Å². The van der Waals surface area contributed by atoms with Crippen LogP contribution in [-0.4, -0.2) is 19.5 Å². The van der Waals surface area contributed by atoms with E-state index in [1.807, 2.05) is 36.4 Å². The Balaban J connectivity index is 1.97. The van der Waals surface area contributed by atoms with Crippen molar-refractivity contribution in [3.05, 3.63) is 51.7 Å². The van der Waals surface area contributed by atoms with Crippen LogP contribution in [0, 0.1) is 13.8 Å². The fraction of sp³-hybridized carbons (Fsp3) is 0.353. The van der Waals surface area contributed by atoms with E-state index in [9.17, 15) is 4.79 Å². The summed E-state index contributed by atoms with van der Waals surface area (Å²) >= 11 is 1.66. The van der Waals surface area contributed by atoms with E-state index in [4.69, 9.17) is 0 Å². The highest BCUT2D eigenvalue weighted by atomic mass is 32.1. The topological polar surface area (TPSA) is 32.3 Å². The number of amides is 1. The molecule has 0 aliphatic carbocycles. The summed E-state index contributed by atoms with van der Waals surface area (Å²) in [5.74, 6) is 0.0410. The van der Waals surface area contributed by atoms with Crippen LogP contribution in [0.4, 0.5) is 5.69 Å². The number of rotatable bonds is 5. The van der Waals surface area contributed by atoms with Gasteiger partial charge in [0, 0.05) is 17.6 Å². The molecule has 0 fully saturated rings. The average molecular weight is 302 g/mol. The molecule has 2 rings (SSSR count). The first-order chi connectivity index (χ1) is 9.97. The summed E-state index contributed by atoms with van der Waals surface area (Å²) in [6.45, 7) is 6.51. The van der Waals surface area contributed by atoms with Gasteiger partial charge < -0.3 is 10.2 Å². The van der Waals surface area contributed by atoms with Gasteiger partial charge in [0.15, 0.2) is 0 Å². The number of anilines is 1. The predicted molar refractivity (Wildman–Crippen MR) is 90.1 cm³/mol. The number of likely N-dealkylation sites (N-methyl/N-ethyl adjacent to an activating group) is 1. The van der Waals surface area contributed by atoms with Crippen molar-refractivity contribution >= 4 is 22.9 Å². The van der Waals surface area contributed by atoms with Crippen molar-refractivity contribution in [2.75, 3.05) is 18.5 Å². The van der Waals surface area contributed by atoms with Gasteiger partial charge >= 0.3 is 0 Å². The lowest BCUT2D eigenvalue weighted by molar-refractivity contribution is -0.120. The third-order valence-corrected chi connectivity index (χ3v) is 4.56. The van der Waals surface area contributed by atoms with Gasteiger partial charge in [-0.2, -0.15) is 0 Å². The highest BCUT2D eigenvalue weighted by Gasteiger charge is 2.13. The summed E-state index contributed by atoms with van der Waals surface area (Å²) in [5, 5.41) is 5.07.